The van der Waals surface area contributed by atoms with E-state index in [1.165, 1.54) is 10.6 Å². The van der Waals surface area contributed by atoms with Gasteiger partial charge in [0.15, 0.2) is 0 Å². The van der Waals surface area contributed by atoms with Crippen molar-refractivity contribution in [1.29, 1.82) is 0 Å². The molecule has 28 heavy (non-hydrogen) atoms. The highest BCUT2D eigenvalue weighted by atomic mass is 79.9. The number of amides is 2. The van der Waals surface area contributed by atoms with Gasteiger partial charge in [0.2, 0.25) is 0 Å². The zero-order valence-electron chi connectivity index (χ0n) is 16.0. The maximum atomic E-state index is 12.6. The molecule has 1 aromatic carbocycles. The largest absolute Gasteiger partial charge is 0.371 e. The van der Waals surface area contributed by atoms with E-state index in [1.54, 1.807) is 11.3 Å². The molecule has 1 unspecified atom stereocenters. The van der Waals surface area contributed by atoms with E-state index in [1.807, 2.05) is 4.90 Å². The van der Waals surface area contributed by atoms with Gasteiger partial charge in [-0.2, -0.15) is 0 Å². The summed E-state index contributed by atoms with van der Waals surface area (Å²) in [4.78, 5) is 20.8. The summed E-state index contributed by atoms with van der Waals surface area (Å²) in [5.41, 5.74) is 1.25. The summed E-state index contributed by atoms with van der Waals surface area (Å²) in [5, 5.41) is 5.30. The lowest BCUT2D eigenvalue weighted by molar-refractivity contribution is 0.135. The van der Waals surface area contributed by atoms with Gasteiger partial charge >= 0.3 is 6.03 Å². The van der Waals surface area contributed by atoms with Crippen LogP contribution in [0.25, 0.3) is 0 Å². The van der Waals surface area contributed by atoms with Crippen LogP contribution in [0.5, 0.6) is 0 Å². The van der Waals surface area contributed by atoms with Crippen LogP contribution >= 0.6 is 27.3 Å². The van der Waals surface area contributed by atoms with E-state index in [0.29, 0.717) is 5.92 Å². The Kier molecular flexibility index (Phi) is 6.54. The van der Waals surface area contributed by atoms with Gasteiger partial charge in [0, 0.05) is 67.4 Å². The Bertz CT molecular complexity index is 776. The Hall–Kier alpha value is -1.57. The number of urea groups is 1. The molecular formula is C21H27BrN4OS. The Morgan fingerprint density at radius 2 is 2.00 bits per heavy atom. The van der Waals surface area contributed by atoms with Crippen molar-refractivity contribution in [2.45, 2.75) is 13.0 Å². The molecule has 7 heteroatoms. The zero-order valence-corrected chi connectivity index (χ0v) is 18.4. The third-order valence-corrected chi connectivity index (χ3v) is 6.97. The molecule has 5 nitrogen and oxygen atoms in total. The van der Waals surface area contributed by atoms with Crippen molar-refractivity contribution in [3.63, 3.8) is 0 Å². The number of hydrogen-bond donors (Lipinski definition) is 1. The van der Waals surface area contributed by atoms with Crippen LogP contribution in [0.3, 0.4) is 0 Å². The number of halogens is 1. The van der Waals surface area contributed by atoms with Gasteiger partial charge in [0.25, 0.3) is 0 Å². The van der Waals surface area contributed by atoms with Crippen LogP contribution in [0, 0.1) is 5.92 Å². The van der Waals surface area contributed by atoms with Crippen molar-refractivity contribution in [3.8, 4) is 0 Å². The molecular weight excluding hydrogens is 436 g/mol. The third kappa shape index (κ3) is 5.07. The number of carbonyl (C=O) groups is 1. The normalized spacial score (nSPS) is 20.5. The van der Waals surface area contributed by atoms with Gasteiger partial charge in [-0.05, 0) is 42.0 Å². The van der Waals surface area contributed by atoms with Gasteiger partial charge in [0.1, 0.15) is 0 Å². The molecule has 0 aliphatic carbocycles. The number of benzene rings is 1. The molecule has 4 rings (SSSR count). The molecule has 3 heterocycles. The number of nitrogens with zero attached hydrogens (tertiary/aromatic N) is 3. The molecule has 2 fully saturated rings. The predicted octanol–water partition coefficient (Wildman–Crippen LogP) is 3.86. The first-order valence-electron chi connectivity index (χ1n) is 9.95. The van der Waals surface area contributed by atoms with E-state index in [-0.39, 0.29) is 6.03 Å². The lowest BCUT2D eigenvalue weighted by Crippen LogP contribution is -2.52. The number of anilines is 1. The van der Waals surface area contributed by atoms with E-state index in [0.717, 1.165) is 63.3 Å². The van der Waals surface area contributed by atoms with E-state index >= 15 is 0 Å². The summed E-state index contributed by atoms with van der Waals surface area (Å²) >= 11 is 5.35. The maximum absolute atomic E-state index is 12.6. The van der Waals surface area contributed by atoms with Crippen LogP contribution in [0.4, 0.5) is 10.5 Å². The topological polar surface area (TPSA) is 38.8 Å². The Morgan fingerprint density at radius 1 is 1.14 bits per heavy atom. The number of nitrogens with one attached hydrogen (secondary N) is 1. The average Bonchev–Trinajstić information content (AvgIpc) is 3.39. The highest BCUT2D eigenvalue weighted by Gasteiger charge is 2.25. The molecule has 2 aliphatic heterocycles. The van der Waals surface area contributed by atoms with Crippen LogP contribution in [-0.4, -0.2) is 61.6 Å². The molecule has 2 amide bonds. The lowest BCUT2D eigenvalue weighted by atomic mass is 10.1. The molecule has 1 N–H and O–H groups in total. The number of rotatable bonds is 5. The van der Waals surface area contributed by atoms with Gasteiger partial charge in [-0.1, -0.05) is 28.1 Å². The lowest BCUT2D eigenvalue weighted by Gasteiger charge is -2.34. The van der Waals surface area contributed by atoms with Gasteiger partial charge in [0.05, 0.1) is 0 Å². The molecule has 2 aliphatic rings. The SMILES string of the molecule is O=C(NCC1CCN(c2cccc(Br)c2)C1)N1CCN(Cc2cccs2)CC1. The summed E-state index contributed by atoms with van der Waals surface area (Å²) in [6, 6.07) is 12.8. The van der Waals surface area contributed by atoms with Crippen molar-refractivity contribution in [2.75, 3.05) is 50.7 Å². The summed E-state index contributed by atoms with van der Waals surface area (Å²) in [6.07, 6.45) is 1.13. The van der Waals surface area contributed by atoms with Crippen LogP contribution in [0.1, 0.15) is 11.3 Å². The molecule has 0 saturated carbocycles. The number of carbonyl (C=O) groups excluding carboxylic acids is 1. The van der Waals surface area contributed by atoms with Crippen molar-refractivity contribution >= 4 is 39.0 Å². The maximum Gasteiger partial charge on any atom is 0.317 e. The Labute approximate surface area is 179 Å². The summed E-state index contributed by atoms with van der Waals surface area (Å²) in [7, 11) is 0. The van der Waals surface area contributed by atoms with E-state index in [4.69, 9.17) is 0 Å². The standard InChI is InChI=1S/C21H27BrN4OS/c22-18-3-1-4-19(13-18)26-7-6-17(15-26)14-23-21(27)25-10-8-24(9-11-25)16-20-5-2-12-28-20/h1-5,12-13,17H,6-11,14-16H2,(H,23,27). The highest BCUT2D eigenvalue weighted by Crippen LogP contribution is 2.26. The first kappa shape index (κ1) is 19.7. The van der Waals surface area contributed by atoms with Crippen LogP contribution in [0.2, 0.25) is 0 Å². The summed E-state index contributed by atoms with van der Waals surface area (Å²) in [5.74, 6) is 0.517. The van der Waals surface area contributed by atoms with Gasteiger partial charge in [-0.15, -0.1) is 11.3 Å². The molecule has 0 radical (unpaired) electrons. The number of thiophene rings is 1. The van der Waals surface area contributed by atoms with Gasteiger partial charge < -0.3 is 15.1 Å². The molecule has 0 spiro atoms. The fourth-order valence-electron chi connectivity index (χ4n) is 3.98. The molecule has 1 atom stereocenters. The fraction of sp³-hybridized carbons (Fsp3) is 0.476. The summed E-state index contributed by atoms with van der Waals surface area (Å²) < 4.78 is 1.11. The molecule has 2 aromatic rings. The second kappa shape index (κ2) is 9.29. The fourth-order valence-corrected chi connectivity index (χ4v) is 5.12. The molecule has 0 bridgehead atoms. The Balaban J connectivity index is 1.18. The van der Waals surface area contributed by atoms with Crippen molar-refractivity contribution in [3.05, 3.63) is 51.1 Å². The first-order chi connectivity index (χ1) is 13.7. The average molecular weight is 463 g/mol. The van der Waals surface area contributed by atoms with Crippen LogP contribution in [-0.2, 0) is 6.54 Å². The summed E-state index contributed by atoms with van der Waals surface area (Å²) in [6.45, 7) is 7.35. The van der Waals surface area contributed by atoms with Crippen LogP contribution < -0.4 is 10.2 Å². The minimum Gasteiger partial charge on any atom is -0.371 e. The second-order valence-electron chi connectivity index (χ2n) is 7.61. The highest BCUT2D eigenvalue weighted by molar-refractivity contribution is 9.10. The van der Waals surface area contributed by atoms with E-state index < -0.39 is 0 Å². The monoisotopic (exact) mass is 462 g/mol. The van der Waals surface area contributed by atoms with Crippen LogP contribution in [0.15, 0.2) is 46.3 Å². The van der Waals surface area contributed by atoms with Crippen molar-refractivity contribution < 1.29 is 4.79 Å². The second-order valence-corrected chi connectivity index (χ2v) is 9.56. The quantitative estimate of drug-likeness (QED) is 0.732. The third-order valence-electron chi connectivity index (χ3n) is 5.62. The van der Waals surface area contributed by atoms with E-state index in [2.05, 4.69) is 72.8 Å². The van der Waals surface area contributed by atoms with Crippen molar-refractivity contribution in [1.82, 2.24) is 15.1 Å². The molecule has 1 aromatic heterocycles. The molecule has 150 valence electrons. The first-order valence-corrected chi connectivity index (χ1v) is 11.6. The minimum absolute atomic E-state index is 0.0941. The molecule has 2 saturated heterocycles. The predicted molar refractivity (Wildman–Crippen MR) is 119 cm³/mol. The Morgan fingerprint density at radius 3 is 2.75 bits per heavy atom. The van der Waals surface area contributed by atoms with Crippen molar-refractivity contribution in [2.24, 2.45) is 5.92 Å². The number of hydrogen-bond acceptors (Lipinski definition) is 4. The van der Waals surface area contributed by atoms with Gasteiger partial charge in [-0.25, -0.2) is 4.79 Å². The van der Waals surface area contributed by atoms with Gasteiger partial charge in [-0.3, -0.25) is 4.90 Å². The van der Waals surface area contributed by atoms with E-state index in [9.17, 15) is 4.79 Å². The minimum atomic E-state index is 0.0941. The number of piperazine rings is 1. The smallest absolute Gasteiger partial charge is 0.317 e. The zero-order chi connectivity index (χ0) is 19.3.